The normalized spacial score (nSPS) is 9.75. The fraction of sp³-hybridized carbons (Fsp3) is 0. The molecule has 0 aliphatic heterocycles. The van der Waals surface area contributed by atoms with Gasteiger partial charge in [0.25, 0.3) is 5.91 Å². The Labute approximate surface area is 95.7 Å². The summed E-state index contributed by atoms with van der Waals surface area (Å²) in [7, 11) is 5.62. The maximum Gasteiger partial charge on any atom is 0.255 e. The van der Waals surface area contributed by atoms with Gasteiger partial charge in [0.2, 0.25) is 0 Å². The van der Waals surface area contributed by atoms with Crippen molar-refractivity contribution in [1.82, 2.24) is 0 Å². The Morgan fingerprint density at radius 2 is 1.75 bits per heavy atom. The van der Waals surface area contributed by atoms with Gasteiger partial charge in [-0.25, -0.2) is 0 Å². The van der Waals surface area contributed by atoms with Gasteiger partial charge in [-0.15, -0.1) is 0 Å². The lowest BCUT2D eigenvalue weighted by atomic mass is 9.96. The zero-order valence-electron chi connectivity index (χ0n) is 8.68. The minimum atomic E-state index is -0.133. The van der Waals surface area contributed by atoms with Crippen LogP contribution in [0.2, 0.25) is 0 Å². The number of nitrogens with one attached hydrogen (secondary N) is 1. The number of benzene rings is 2. The predicted molar refractivity (Wildman–Crippen MR) is 66.2 cm³/mol. The molecule has 0 aliphatic rings. The summed E-state index contributed by atoms with van der Waals surface area (Å²) in [6.07, 6.45) is 0. The summed E-state index contributed by atoms with van der Waals surface area (Å²) >= 11 is 0. The lowest BCUT2D eigenvalue weighted by molar-refractivity contribution is 0.102. The molecule has 3 heteroatoms. The number of hydrogen-bond donors (Lipinski definition) is 1. The van der Waals surface area contributed by atoms with E-state index in [1.165, 1.54) is 0 Å². The van der Waals surface area contributed by atoms with Gasteiger partial charge in [0, 0.05) is 11.3 Å². The molecule has 0 spiro atoms. The smallest absolute Gasteiger partial charge is 0.255 e. The highest BCUT2D eigenvalue weighted by molar-refractivity contribution is 6.32. The number of carbonyl (C=O) groups excluding carboxylic acids is 1. The van der Waals surface area contributed by atoms with Crippen LogP contribution in [0.25, 0.3) is 0 Å². The first kappa shape index (κ1) is 10.5. The molecule has 0 atom stereocenters. The lowest BCUT2D eigenvalue weighted by Gasteiger charge is -2.05. The lowest BCUT2D eigenvalue weighted by Crippen LogP contribution is -2.13. The van der Waals surface area contributed by atoms with Crippen molar-refractivity contribution in [2.75, 3.05) is 5.32 Å². The minimum absolute atomic E-state index is 0.133. The van der Waals surface area contributed by atoms with E-state index in [1.54, 1.807) is 36.4 Å². The first-order valence-corrected chi connectivity index (χ1v) is 4.97. The highest BCUT2D eigenvalue weighted by atomic mass is 16.1. The molecule has 1 amide bonds. The van der Waals surface area contributed by atoms with E-state index in [-0.39, 0.29) is 5.91 Å². The van der Waals surface area contributed by atoms with Crippen LogP contribution in [0.1, 0.15) is 10.4 Å². The van der Waals surface area contributed by atoms with Gasteiger partial charge in [0.1, 0.15) is 7.85 Å². The van der Waals surface area contributed by atoms with Gasteiger partial charge in [-0.1, -0.05) is 35.8 Å². The fourth-order valence-electron chi connectivity index (χ4n) is 1.41. The molecule has 16 heavy (non-hydrogen) atoms. The van der Waals surface area contributed by atoms with Crippen LogP contribution in [-0.2, 0) is 0 Å². The molecule has 2 aromatic carbocycles. The molecule has 0 aromatic heterocycles. The van der Waals surface area contributed by atoms with Crippen LogP contribution in [0.15, 0.2) is 54.6 Å². The van der Waals surface area contributed by atoms with Crippen LogP contribution < -0.4 is 10.8 Å². The summed E-state index contributed by atoms with van der Waals surface area (Å²) in [5.74, 6) is -0.133. The Balaban J connectivity index is 2.14. The van der Waals surface area contributed by atoms with Crippen molar-refractivity contribution >= 4 is 24.9 Å². The summed E-state index contributed by atoms with van der Waals surface area (Å²) in [6, 6.07) is 16.2. The van der Waals surface area contributed by atoms with E-state index < -0.39 is 0 Å². The summed E-state index contributed by atoms with van der Waals surface area (Å²) < 4.78 is 0. The Kier molecular flexibility index (Phi) is 3.06. The molecule has 0 aliphatic carbocycles. The molecule has 2 nitrogen and oxygen atoms in total. The first-order chi connectivity index (χ1) is 7.75. The molecule has 76 valence electrons. The zero-order valence-corrected chi connectivity index (χ0v) is 8.68. The fourth-order valence-corrected chi connectivity index (χ4v) is 1.41. The van der Waals surface area contributed by atoms with Crippen molar-refractivity contribution in [1.29, 1.82) is 0 Å². The molecule has 0 saturated heterocycles. The predicted octanol–water partition coefficient (Wildman–Crippen LogP) is 1.73. The molecule has 2 aromatic rings. The molecule has 2 radical (unpaired) electrons. The van der Waals surface area contributed by atoms with E-state index >= 15 is 0 Å². The van der Waals surface area contributed by atoms with Crippen LogP contribution >= 0.6 is 0 Å². The van der Waals surface area contributed by atoms with Gasteiger partial charge in [0.05, 0.1) is 0 Å². The maximum absolute atomic E-state index is 11.8. The van der Waals surface area contributed by atoms with Crippen molar-refractivity contribution in [2.45, 2.75) is 0 Å². The average Bonchev–Trinajstić information content (AvgIpc) is 2.30. The third-order valence-electron chi connectivity index (χ3n) is 2.18. The molecule has 0 saturated carbocycles. The quantitative estimate of drug-likeness (QED) is 0.746. The maximum atomic E-state index is 11.8. The number of amides is 1. The van der Waals surface area contributed by atoms with E-state index in [0.29, 0.717) is 16.7 Å². The van der Waals surface area contributed by atoms with Gasteiger partial charge in [0.15, 0.2) is 0 Å². The SMILES string of the molecule is [B]c1cccc(NC(=O)c2ccccc2)c1. The third-order valence-corrected chi connectivity index (χ3v) is 2.18. The van der Waals surface area contributed by atoms with Crippen molar-refractivity contribution in [3.8, 4) is 0 Å². The molecule has 0 unspecified atom stereocenters. The third kappa shape index (κ3) is 2.51. The van der Waals surface area contributed by atoms with Crippen molar-refractivity contribution in [3.63, 3.8) is 0 Å². The number of hydrogen-bond acceptors (Lipinski definition) is 1. The molecule has 0 bridgehead atoms. The molecule has 1 N–H and O–H groups in total. The highest BCUT2D eigenvalue weighted by Gasteiger charge is 2.04. The highest BCUT2D eigenvalue weighted by Crippen LogP contribution is 2.07. The van der Waals surface area contributed by atoms with E-state index in [4.69, 9.17) is 7.85 Å². The van der Waals surface area contributed by atoms with Crippen LogP contribution in [-0.4, -0.2) is 13.8 Å². The van der Waals surface area contributed by atoms with Crippen LogP contribution in [0.4, 0.5) is 5.69 Å². The summed E-state index contributed by atoms with van der Waals surface area (Å²) in [5, 5.41) is 2.78. The number of rotatable bonds is 2. The Morgan fingerprint density at radius 3 is 2.44 bits per heavy atom. The van der Waals surface area contributed by atoms with Gasteiger partial charge in [-0.3, -0.25) is 4.79 Å². The van der Waals surface area contributed by atoms with E-state index in [9.17, 15) is 4.79 Å². The first-order valence-electron chi connectivity index (χ1n) is 4.97. The molecule has 0 heterocycles. The molecule has 0 fully saturated rings. The van der Waals surface area contributed by atoms with Crippen LogP contribution in [0.3, 0.4) is 0 Å². The molecular weight excluding hydrogens is 197 g/mol. The monoisotopic (exact) mass is 207 g/mol. The zero-order chi connectivity index (χ0) is 11.4. The van der Waals surface area contributed by atoms with Gasteiger partial charge >= 0.3 is 0 Å². The van der Waals surface area contributed by atoms with Crippen LogP contribution in [0, 0.1) is 0 Å². The van der Waals surface area contributed by atoms with Crippen molar-refractivity contribution in [2.24, 2.45) is 0 Å². The number of carbonyl (C=O) groups is 1. The van der Waals surface area contributed by atoms with Gasteiger partial charge in [-0.2, -0.15) is 0 Å². The largest absolute Gasteiger partial charge is 0.322 e. The summed E-state index contributed by atoms with van der Waals surface area (Å²) in [4.78, 5) is 11.8. The van der Waals surface area contributed by atoms with E-state index in [1.807, 2.05) is 18.2 Å². The van der Waals surface area contributed by atoms with Gasteiger partial charge < -0.3 is 5.32 Å². The molecule has 2 rings (SSSR count). The topological polar surface area (TPSA) is 29.1 Å². The van der Waals surface area contributed by atoms with Crippen molar-refractivity contribution < 1.29 is 4.79 Å². The molecular formula is C13H10BNO. The standard InChI is InChI=1S/C13H10BNO/c14-11-7-4-8-12(9-11)15-13(16)10-5-2-1-3-6-10/h1-9H,(H,15,16). The van der Waals surface area contributed by atoms with Crippen molar-refractivity contribution in [3.05, 3.63) is 60.2 Å². The summed E-state index contributed by atoms with van der Waals surface area (Å²) in [5.41, 5.74) is 1.96. The second-order valence-corrected chi connectivity index (χ2v) is 3.45. The Bertz CT molecular complexity index is 496. The van der Waals surface area contributed by atoms with Gasteiger partial charge in [-0.05, 0) is 24.3 Å². The van der Waals surface area contributed by atoms with Crippen LogP contribution in [0.5, 0.6) is 0 Å². The van der Waals surface area contributed by atoms with E-state index in [0.717, 1.165) is 0 Å². The second-order valence-electron chi connectivity index (χ2n) is 3.45. The minimum Gasteiger partial charge on any atom is -0.322 e. The number of anilines is 1. The van der Waals surface area contributed by atoms with E-state index in [2.05, 4.69) is 5.32 Å². The summed E-state index contributed by atoms with van der Waals surface area (Å²) in [6.45, 7) is 0. The second kappa shape index (κ2) is 4.66. The Hall–Kier alpha value is -2.03. The average molecular weight is 207 g/mol. The Morgan fingerprint density at radius 1 is 1.00 bits per heavy atom.